The first-order valence-electron chi connectivity index (χ1n) is 6.66. The van der Waals surface area contributed by atoms with Gasteiger partial charge in [0.05, 0.1) is 5.56 Å². The Hall–Kier alpha value is -3.15. The van der Waals surface area contributed by atoms with E-state index in [4.69, 9.17) is 4.52 Å². The van der Waals surface area contributed by atoms with Crippen molar-refractivity contribution < 1.29 is 14.4 Å². The van der Waals surface area contributed by atoms with E-state index in [9.17, 15) is 9.90 Å². The average molecular weight is 295 g/mol. The molecule has 0 atom stereocenters. The van der Waals surface area contributed by atoms with Crippen LogP contribution in [-0.2, 0) is 6.54 Å². The summed E-state index contributed by atoms with van der Waals surface area (Å²) in [5, 5.41) is 16.2. The highest BCUT2D eigenvalue weighted by atomic mass is 16.5. The number of phenolic OH excluding ortho intramolecular Hbond substituents is 1. The number of nitrogens with one attached hydrogen (secondary N) is 1. The number of aromatic hydroxyl groups is 1. The fraction of sp³-hybridized carbons (Fsp3) is 0.0625. The van der Waals surface area contributed by atoms with E-state index < -0.39 is 0 Å². The molecule has 0 fully saturated rings. The third kappa shape index (κ3) is 2.95. The Balaban J connectivity index is 1.71. The van der Waals surface area contributed by atoms with Crippen LogP contribution in [0.1, 0.15) is 16.1 Å². The topological polar surface area (TPSA) is 88.2 Å². The summed E-state index contributed by atoms with van der Waals surface area (Å²) in [6, 6.07) is 11.9. The van der Waals surface area contributed by atoms with E-state index in [0.717, 1.165) is 5.56 Å². The van der Waals surface area contributed by atoms with Crippen molar-refractivity contribution in [2.75, 3.05) is 0 Å². The minimum Gasteiger partial charge on any atom is -0.507 e. The Kier molecular flexibility index (Phi) is 3.82. The summed E-state index contributed by atoms with van der Waals surface area (Å²) >= 11 is 0. The molecule has 2 heterocycles. The molecule has 0 unspecified atom stereocenters. The van der Waals surface area contributed by atoms with Crippen molar-refractivity contribution in [1.29, 1.82) is 0 Å². The zero-order chi connectivity index (χ0) is 15.4. The standard InChI is InChI=1S/C16H13N3O3/c20-14-6-2-1-5-12(14)15-8-13(19-22-15)16(21)18-10-11-4-3-7-17-9-11/h1-9,20H,10H2,(H,18,21). The zero-order valence-electron chi connectivity index (χ0n) is 11.6. The van der Waals surface area contributed by atoms with Crippen LogP contribution in [0.15, 0.2) is 59.4 Å². The Morgan fingerprint density at radius 3 is 2.86 bits per heavy atom. The molecule has 0 saturated heterocycles. The number of para-hydroxylation sites is 1. The number of hydrogen-bond donors (Lipinski definition) is 2. The van der Waals surface area contributed by atoms with Crippen LogP contribution in [0.3, 0.4) is 0 Å². The molecule has 2 N–H and O–H groups in total. The molecule has 1 aromatic carbocycles. The first kappa shape index (κ1) is 13.8. The molecule has 0 bridgehead atoms. The van der Waals surface area contributed by atoms with Gasteiger partial charge in [0.1, 0.15) is 5.75 Å². The lowest BCUT2D eigenvalue weighted by atomic mass is 10.1. The van der Waals surface area contributed by atoms with Gasteiger partial charge < -0.3 is 14.9 Å². The van der Waals surface area contributed by atoms with Gasteiger partial charge in [0, 0.05) is 25.0 Å². The first-order valence-corrected chi connectivity index (χ1v) is 6.66. The molecule has 6 nitrogen and oxygen atoms in total. The Bertz CT molecular complexity index is 784. The Labute approximate surface area is 126 Å². The normalized spacial score (nSPS) is 10.4. The van der Waals surface area contributed by atoms with E-state index in [1.807, 2.05) is 6.07 Å². The molecule has 6 heteroatoms. The third-order valence-corrected chi connectivity index (χ3v) is 3.09. The largest absolute Gasteiger partial charge is 0.507 e. The summed E-state index contributed by atoms with van der Waals surface area (Å²) in [5.74, 6) is 0.0554. The Morgan fingerprint density at radius 1 is 1.23 bits per heavy atom. The van der Waals surface area contributed by atoms with Crippen molar-refractivity contribution in [3.63, 3.8) is 0 Å². The summed E-state index contributed by atoms with van der Waals surface area (Å²) in [6.45, 7) is 0.353. The van der Waals surface area contributed by atoms with E-state index in [1.54, 1.807) is 42.7 Å². The Morgan fingerprint density at radius 2 is 2.09 bits per heavy atom. The van der Waals surface area contributed by atoms with Gasteiger partial charge in [-0.05, 0) is 23.8 Å². The number of carbonyl (C=O) groups is 1. The fourth-order valence-corrected chi connectivity index (χ4v) is 1.97. The second-order valence-corrected chi connectivity index (χ2v) is 4.64. The molecule has 0 saturated carbocycles. The summed E-state index contributed by atoms with van der Waals surface area (Å²) in [5.41, 5.74) is 1.53. The van der Waals surface area contributed by atoms with E-state index in [-0.39, 0.29) is 17.4 Å². The van der Waals surface area contributed by atoms with Gasteiger partial charge in [-0.15, -0.1) is 0 Å². The maximum atomic E-state index is 12.0. The highest BCUT2D eigenvalue weighted by Crippen LogP contribution is 2.28. The molecule has 0 aliphatic rings. The van der Waals surface area contributed by atoms with Gasteiger partial charge in [-0.3, -0.25) is 9.78 Å². The molecule has 2 aromatic heterocycles. The van der Waals surface area contributed by atoms with Crippen molar-refractivity contribution in [1.82, 2.24) is 15.5 Å². The van der Waals surface area contributed by atoms with E-state index >= 15 is 0 Å². The van der Waals surface area contributed by atoms with E-state index in [2.05, 4.69) is 15.5 Å². The fourth-order valence-electron chi connectivity index (χ4n) is 1.97. The van der Waals surface area contributed by atoms with Crippen LogP contribution in [-0.4, -0.2) is 21.2 Å². The molecule has 22 heavy (non-hydrogen) atoms. The zero-order valence-corrected chi connectivity index (χ0v) is 11.6. The number of hydrogen-bond acceptors (Lipinski definition) is 5. The lowest BCUT2D eigenvalue weighted by Gasteiger charge is -2.01. The number of phenols is 1. The molecule has 0 aliphatic carbocycles. The van der Waals surface area contributed by atoms with Crippen LogP contribution < -0.4 is 5.32 Å². The molecule has 3 rings (SSSR count). The molecule has 0 spiro atoms. The smallest absolute Gasteiger partial charge is 0.273 e. The molecule has 3 aromatic rings. The van der Waals surface area contributed by atoms with Crippen LogP contribution in [0, 0.1) is 0 Å². The molecule has 0 aliphatic heterocycles. The van der Waals surface area contributed by atoms with Crippen LogP contribution >= 0.6 is 0 Å². The highest BCUT2D eigenvalue weighted by Gasteiger charge is 2.15. The number of rotatable bonds is 4. The number of benzene rings is 1. The van der Waals surface area contributed by atoms with Gasteiger partial charge in [0.15, 0.2) is 11.5 Å². The monoisotopic (exact) mass is 295 g/mol. The van der Waals surface area contributed by atoms with Crippen molar-refractivity contribution in [3.8, 4) is 17.1 Å². The van der Waals surface area contributed by atoms with Gasteiger partial charge in [-0.25, -0.2) is 0 Å². The lowest BCUT2D eigenvalue weighted by molar-refractivity contribution is 0.0942. The second kappa shape index (κ2) is 6.09. The number of aromatic nitrogens is 2. The average Bonchev–Trinajstić information content (AvgIpc) is 3.04. The predicted octanol–water partition coefficient (Wildman–Crippen LogP) is 2.37. The first-order chi connectivity index (χ1) is 10.7. The number of nitrogens with zero attached hydrogens (tertiary/aromatic N) is 2. The predicted molar refractivity (Wildman–Crippen MR) is 79.0 cm³/mol. The quantitative estimate of drug-likeness (QED) is 0.771. The maximum Gasteiger partial charge on any atom is 0.273 e. The van der Waals surface area contributed by atoms with Gasteiger partial charge in [0.25, 0.3) is 5.91 Å². The minimum absolute atomic E-state index is 0.0703. The molecule has 1 amide bonds. The van der Waals surface area contributed by atoms with E-state index in [0.29, 0.717) is 17.9 Å². The van der Waals surface area contributed by atoms with Crippen LogP contribution in [0.4, 0.5) is 0 Å². The molecular weight excluding hydrogens is 282 g/mol. The second-order valence-electron chi connectivity index (χ2n) is 4.64. The lowest BCUT2D eigenvalue weighted by Crippen LogP contribution is -2.23. The van der Waals surface area contributed by atoms with Crippen molar-refractivity contribution in [2.45, 2.75) is 6.54 Å². The van der Waals surface area contributed by atoms with Gasteiger partial charge in [0.2, 0.25) is 0 Å². The number of amides is 1. The highest BCUT2D eigenvalue weighted by molar-refractivity contribution is 5.93. The molecule has 0 radical (unpaired) electrons. The summed E-state index contributed by atoms with van der Waals surface area (Å²) in [4.78, 5) is 16.0. The van der Waals surface area contributed by atoms with Crippen molar-refractivity contribution in [2.24, 2.45) is 0 Å². The minimum atomic E-state index is -0.353. The third-order valence-electron chi connectivity index (χ3n) is 3.09. The SMILES string of the molecule is O=C(NCc1cccnc1)c1cc(-c2ccccc2O)on1. The van der Waals surface area contributed by atoms with Gasteiger partial charge in [-0.2, -0.15) is 0 Å². The van der Waals surface area contributed by atoms with Crippen LogP contribution in [0.5, 0.6) is 5.75 Å². The maximum absolute atomic E-state index is 12.0. The summed E-state index contributed by atoms with van der Waals surface area (Å²) in [7, 11) is 0. The molecular formula is C16H13N3O3. The van der Waals surface area contributed by atoms with Gasteiger partial charge in [-0.1, -0.05) is 23.4 Å². The van der Waals surface area contributed by atoms with Crippen LogP contribution in [0.2, 0.25) is 0 Å². The van der Waals surface area contributed by atoms with E-state index in [1.165, 1.54) is 6.07 Å². The van der Waals surface area contributed by atoms with Crippen LogP contribution in [0.25, 0.3) is 11.3 Å². The van der Waals surface area contributed by atoms with Gasteiger partial charge >= 0.3 is 0 Å². The number of pyridine rings is 1. The summed E-state index contributed by atoms with van der Waals surface area (Å²) < 4.78 is 5.12. The number of carbonyl (C=O) groups excluding carboxylic acids is 1. The van der Waals surface area contributed by atoms with Crippen molar-refractivity contribution in [3.05, 3.63) is 66.1 Å². The summed E-state index contributed by atoms with van der Waals surface area (Å²) in [6.07, 6.45) is 3.35. The molecule has 110 valence electrons. The van der Waals surface area contributed by atoms with Crippen molar-refractivity contribution >= 4 is 5.91 Å².